The van der Waals surface area contributed by atoms with Crippen molar-refractivity contribution in [3.05, 3.63) is 99.6 Å². The predicted octanol–water partition coefficient (Wildman–Crippen LogP) is 8.43. The van der Waals surface area contributed by atoms with Crippen LogP contribution >= 0.6 is 11.6 Å². The average Bonchev–Trinajstić information content (AvgIpc) is 3.33. The van der Waals surface area contributed by atoms with Crippen molar-refractivity contribution in [3.8, 4) is 6.07 Å². The number of amides is 2. The van der Waals surface area contributed by atoms with E-state index in [1.165, 1.54) is 48.6 Å². The van der Waals surface area contributed by atoms with Crippen LogP contribution in [0.25, 0.3) is 6.08 Å². The summed E-state index contributed by atoms with van der Waals surface area (Å²) < 4.78 is 80.8. The number of halogens is 7. The van der Waals surface area contributed by atoms with E-state index >= 15 is 0 Å². The minimum absolute atomic E-state index is 0.0149. The van der Waals surface area contributed by atoms with Crippen molar-refractivity contribution in [3.63, 3.8) is 0 Å². The summed E-state index contributed by atoms with van der Waals surface area (Å²) in [5.41, 5.74) is -2.69. The van der Waals surface area contributed by atoms with Gasteiger partial charge >= 0.3 is 18.4 Å². The summed E-state index contributed by atoms with van der Waals surface area (Å²) in [4.78, 5) is 17.4. The highest BCUT2D eigenvalue weighted by molar-refractivity contribution is 6.30. The fourth-order valence-corrected chi connectivity index (χ4v) is 4.36. The van der Waals surface area contributed by atoms with E-state index in [4.69, 9.17) is 16.4 Å². The molecule has 0 aromatic heterocycles. The van der Waals surface area contributed by atoms with E-state index in [2.05, 4.69) is 15.8 Å². The molecule has 4 rings (SSSR count). The zero-order valence-electron chi connectivity index (χ0n) is 21.0. The van der Waals surface area contributed by atoms with Crippen LogP contribution in [0.15, 0.2) is 71.9 Å². The predicted molar refractivity (Wildman–Crippen MR) is 141 cm³/mol. The molecule has 0 radical (unpaired) electrons. The molecule has 0 fully saturated rings. The van der Waals surface area contributed by atoms with Gasteiger partial charge in [0.1, 0.15) is 6.07 Å². The van der Waals surface area contributed by atoms with Gasteiger partial charge in [-0.15, -0.1) is 0 Å². The van der Waals surface area contributed by atoms with Crippen LogP contribution in [-0.4, -0.2) is 17.9 Å². The van der Waals surface area contributed by atoms with Gasteiger partial charge in [-0.25, -0.2) is 4.79 Å². The number of urea groups is 1. The third kappa shape index (κ3) is 6.63. The van der Waals surface area contributed by atoms with Crippen molar-refractivity contribution in [1.29, 1.82) is 5.26 Å². The van der Waals surface area contributed by atoms with Crippen LogP contribution in [0.3, 0.4) is 0 Å². The van der Waals surface area contributed by atoms with E-state index in [1.54, 1.807) is 6.92 Å². The fourth-order valence-electron chi connectivity index (χ4n) is 4.07. The Morgan fingerprint density at radius 3 is 2.34 bits per heavy atom. The number of benzene rings is 3. The van der Waals surface area contributed by atoms with Gasteiger partial charge in [-0.3, -0.25) is 0 Å². The van der Waals surface area contributed by atoms with Crippen LogP contribution in [0.2, 0.25) is 5.02 Å². The van der Waals surface area contributed by atoms with Gasteiger partial charge in [0.05, 0.1) is 22.5 Å². The first-order valence-corrected chi connectivity index (χ1v) is 12.1. The number of nitrogens with zero attached hydrogens (tertiary/aromatic N) is 2. The van der Waals surface area contributed by atoms with Crippen molar-refractivity contribution in [2.45, 2.75) is 31.3 Å². The van der Waals surface area contributed by atoms with Crippen LogP contribution in [0.5, 0.6) is 0 Å². The van der Waals surface area contributed by atoms with Gasteiger partial charge in [-0.05, 0) is 72.7 Å². The Morgan fingerprint density at radius 1 is 1.02 bits per heavy atom. The molecule has 3 aromatic rings. The Labute approximate surface area is 234 Å². The molecule has 2 amide bonds. The first-order chi connectivity index (χ1) is 19.2. The van der Waals surface area contributed by atoms with E-state index in [9.17, 15) is 36.4 Å². The highest BCUT2D eigenvalue weighted by atomic mass is 35.5. The molecule has 1 aliphatic heterocycles. The first kappa shape index (κ1) is 29.5. The van der Waals surface area contributed by atoms with Crippen LogP contribution in [0.1, 0.15) is 34.2 Å². The number of aryl methyl sites for hydroxylation is 1. The molecule has 0 bridgehead atoms. The number of anilines is 2. The van der Waals surface area contributed by atoms with E-state index in [-0.39, 0.29) is 33.2 Å². The number of oxime groups is 1. The normalized spacial score (nSPS) is 17.1. The minimum atomic E-state index is -4.81. The lowest BCUT2D eigenvalue weighted by Crippen LogP contribution is -2.42. The van der Waals surface area contributed by atoms with E-state index in [1.807, 2.05) is 6.07 Å². The number of nitriles is 1. The quantitative estimate of drug-likeness (QED) is 0.292. The molecule has 13 heteroatoms. The lowest BCUT2D eigenvalue weighted by Gasteiger charge is -2.29. The SMILES string of the molecule is Cc1cc(Cl)cc(C2(C(F)(F)F)CC(/C=C/c3ccc(C#N)c(NC(=O)Nc4ccc(C(F)(F)F)cc4)c3)=NO2)c1. The fraction of sp³-hybridized carbons (Fsp3) is 0.179. The number of hydrogen-bond donors (Lipinski definition) is 2. The molecule has 1 unspecified atom stereocenters. The maximum Gasteiger partial charge on any atom is 0.435 e. The highest BCUT2D eigenvalue weighted by Gasteiger charge is 2.62. The zero-order chi connectivity index (χ0) is 30.0. The number of carbonyl (C=O) groups is 1. The van der Waals surface area contributed by atoms with Crippen LogP contribution < -0.4 is 10.6 Å². The van der Waals surface area contributed by atoms with Crippen molar-refractivity contribution >= 4 is 40.8 Å². The second kappa shape index (κ2) is 11.2. The van der Waals surface area contributed by atoms with Gasteiger partial charge in [0, 0.05) is 22.7 Å². The summed E-state index contributed by atoms with van der Waals surface area (Å²) in [5, 5.41) is 18.0. The lowest BCUT2D eigenvalue weighted by atomic mass is 9.87. The molecule has 0 aliphatic carbocycles. The number of allylic oxidation sites excluding steroid dienone is 1. The molecule has 0 spiro atoms. The molecular formula is C28H19ClF6N4O2. The van der Waals surface area contributed by atoms with Crippen LogP contribution in [0.4, 0.5) is 42.5 Å². The number of hydrogen-bond acceptors (Lipinski definition) is 4. The van der Waals surface area contributed by atoms with E-state index in [0.717, 1.165) is 24.3 Å². The van der Waals surface area contributed by atoms with Gasteiger partial charge in [0.2, 0.25) is 0 Å². The molecule has 0 saturated carbocycles. The maximum atomic E-state index is 14.2. The molecule has 41 heavy (non-hydrogen) atoms. The molecule has 0 saturated heterocycles. The topological polar surface area (TPSA) is 86.5 Å². The summed E-state index contributed by atoms with van der Waals surface area (Å²) >= 11 is 5.99. The van der Waals surface area contributed by atoms with E-state index < -0.39 is 36.0 Å². The Balaban J connectivity index is 1.50. The monoisotopic (exact) mass is 592 g/mol. The molecule has 2 N–H and O–H groups in total. The summed E-state index contributed by atoms with van der Waals surface area (Å²) in [6.07, 6.45) is -7.22. The van der Waals surface area contributed by atoms with Crippen LogP contribution in [-0.2, 0) is 16.6 Å². The zero-order valence-corrected chi connectivity index (χ0v) is 21.7. The van der Waals surface area contributed by atoms with Crippen molar-refractivity contribution in [2.24, 2.45) is 5.16 Å². The molecule has 1 atom stereocenters. The van der Waals surface area contributed by atoms with Gasteiger partial charge in [0.15, 0.2) is 0 Å². The van der Waals surface area contributed by atoms with Crippen molar-refractivity contribution < 1.29 is 36.0 Å². The molecule has 1 heterocycles. The van der Waals surface area contributed by atoms with Gasteiger partial charge in [-0.2, -0.15) is 31.6 Å². The van der Waals surface area contributed by atoms with E-state index in [0.29, 0.717) is 11.1 Å². The second-order valence-corrected chi connectivity index (χ2v) is 9.53. The molecule has 212 valence electrons. The van der Waals surface area contributed by atoms with Crippen LogP contribution in [0, 0.1) is 18.3 Å². The maximum absolute atomic E-state index is 14.2. The highest BCUT2D eigenvalue weighted by Crippen LogP contribution is 2.49. The largest absolute Gasteiger partial charge is 0.435 e. The number of nitrogens with one attached hydrogen (secondary N) is 2. The molecular weight excluding hydrogens is 574 g/mol. The Morgan fingerprint density at radius 2 is 1.73 bits per heavy atom. The summed E-state index contributed by atoms with van der Waals surface area (Å²) in [7, 11) is 0. The number of alkyl halides is 6. The molecule has 3 aromatic carbocycles. The average molecular weight is 593 g/mol. The van der Waals surface area contributed by atoms with Gasteiger partial charge in [0.25, 0.3) is 5.60 Å². The summed E-state index contributed by atoms with van der Waals surface area (Å²) in [6.45, 7) is 1.61. The molecule has 1 aliphatic rings. The molecule has 6 nitrogen and oxygen atoms in total. The van der Waals surface area contributed by atoms with Gasteiger partial charge in [-0.1, -0.05) is 35.0 Å². The summed E-state index contributed by atoms with van der Waals surface area (Å²) in [6, 6.07) is 13.1. The standard InChI is InChI=1S/C28H19ClF6N4O2/c1-16-10-20(13-21(29)11-16)26(28(33,34)35)14-23(39-41-26)7-3-17-2-4-18(15-36)24(12-17)38-25(40)37-22-8-5-19(6-9-22)27(30,31)32/h2-13H,14H2,1H3,(H2,37,38,40)/b7-3+. The Hall–Kier alpha value is -4.50. The van der Waals surface area contributed by atoms with Crippen molar-refractivity contribution in [2.75, 3.05) is 10.6 Å². The third-order valence-corrected chi connectivity index (χ3v) is 6.28. The van der Waals surface area contributed by atoms with Gasteiger partial charge < -0.3 is 15.5 Å². The number of rotatable bonds is 5. The Kier molecular flexibility index (Phi) is 8.03. The smallest absolute Gasteiger partial charge is 0.374 e. The second-order valence-electron chi connectivity index (χ2n) is 9.10. The minimum Gasteiger partial charge on any atom is -0.374 e. The third-order valence-electron chi connectivity index (χ3n) is 6.07. The lowest BCUT2D eigenvalue weighted by molar-refractivity contribution is -0.275. The first-order valence-electron chi connectivity index (χ1n) is 11.8. The van der Waals surface area contributed by atoms with Crippen molar-refractivity contribution in [1.82, 2.24) is 0 Å². The summed E-state index contributed by atoms with van der Waals surface area (Å²) in [5.74, 6) is 0. The number of carbonyl (C=O) groups excluding carboxylic acids is 1. The Bertz CT molecular complexity index is 1560.